The number of carbonyl (C=O) groups is 1. The topological polar surface area (TPSA) is 55.1 Å². The molecule has 4 aromatic carbocycles. The Hall–Kier alpha value is -3.92. The fourth-order valence-corrected chi connectivity index (χ4v) is 3.44. The second-order valence-electron chi connectivity index (χ2n) is 7.05. The van der Waals surface area contributed by atoms with Crippen molar-refractivity contribution >= 4 is 33.5 Å². The van der Waals surface area contributed by atoms with Gasteiger partial charge in [0.25, 0.3) is 5.91 Å². The van der Waals surface area contributed by atoms with Gasteiger partial charge in [0, 0.05) is 16.8 Å². The number of rotatable bonds is 3. The molecule has 0 spiro atoms. The third kappa shape index (κ3) is 3.25. The third-order valence-corrected chi connectivity index (χ3v) is 4.98. The van der Waals surface area contributed by atoms with Crippen molar-refractivity contribution in [2.24, 2.45) is 0 Å². The molecule has 1 N–H and O–H groups in total. The molecular weight excluding hydrogens is 360 g/mol. The average molecular weight is 378 g/mol. The van der Waals surface area contributed by atoms with Crippen LogP contribution in [0.15, 0.2) is 89.3 Å². The molecule has 0 fully saturated rings. The molecule has 29 heavy (non-hydrogen) atoms. The van der Waals surface area contributed by atoms with Crippen LogP contribution in [0.25, 0.3) is 33.3 Å². The van der Waals surface area contributed by atoms with Crippen molar-refractivity contribution in [1.29, 1.82) is 0 Å². The SMILES string of the molecule is Cc1ccc(C(=O)Nc2ccc3oc(-c4cccc5ccccc45)nc3c2)cc1. The molecule has 0 atom stereocenters. The second-order valence-corrected chi connectivity index (χ2v) is 7.05. The van der Waals surface area contributed by atoms with Crippen LogP contribution in [0.1, 0.15) is 15.9 Å². The fraction of sp³-hybridized carbons (Fsp3) is 0.0400. The van der Waals surface area contributed by atoms with Gasteiger partial charge in [-0.2, -0.15) is 0 Å². The number of nitrogens with one attached hydrogen (secondary N) is 1. The number of aromatic nitrogens is 1. The van der Waals surface area contributed by atoms with E-state index in [4.69, 9.17) is 4.42 Å². The number of carbonyl (C=O) groups excluding carboxylic acids is 1. The Labute approximate surface area is 167 Å². The summed E-state index contributed by atoms with van der Waals surface area (Å²) in [6, 6.07) is 27.2. The van der Waals surface area contributed by atoms with E-state index in [9.17, 15) is 4.79 Å². The molecule has 0 saturated heterocycles. The molecule has 1 aromatic heterocycles. The Kier molecular flexibility index (Phi) is 4.10. The summed E-state index contributed by atoms with van der Waals surface area (Å²) in [7, 11) is 0. The molecule has 0 bridgehead atoms. The van der Waals surface area contributed by atoms with Gasteiger partial charge < -0.3 is 9.73 Å². The van der Waals surface area contributed by atoms with Crippen LogP contribution < -0.4 is 5.32 Å². The van der Waals surface area contributed by atoms with Crippen molar-refractivity contribution in [3.8, 4) is 11.5 Å². The van der Waals surface area contributed by atoms with Crippen molar-refractivity contribution in [2.45, 2.75) is 6.92 Å². The Morgan fingerprint density at radius 3 is 2.55 bits per heavy atom. The molecule has 4 nitrogen and oxygen atoms in total. The lowest BCUT2D eigenvalue weighted by Gasteiger charge is -2.05. The minimum Gasteiger partial charge on any atom is -0.436 e. The van der Waals surface area contributed by atoms with E-state index in [1.54, 1.807) is 0 Å². The summed E-state index contributed by atoms with van der Waals surface area (Å²) in [5.74, 6) is 0.418. The summed E-state index contributed by atoms with van der Waals surface area (Å²) in [6.07, 6.45) is 0. The van der Waals surface area contributed by atoms with E-state index in [-0.39, 0.29) is 5.91 Å². The highest BCUT2D eigenvalue weighted by molar-refractivity contribution is 6.05. The van der Waals surface area contributed by atoms with Crippen molar-refractivity contribution in [2.75, 3.05) is 5.32 Å². The molecule has 0 aliphatic rings. The number of aryl methyl sites for hydroxylation is 1. The van der Waals surface area contributed by atoms with Gasteiger partial charge in [-0.05, 0) is 54.1 Å². The number of hydrogen-bond acceptors (Lipinski definition) is 3. The zero-order valence-corrected chi connectivity index (χ0v) is 15.8. The van der Waals surface area contributed by atoms with Gasteiger partial charge in [0.15, 0.2) is 5.58 Å². The zero-order valence-electron chi connectivity index (χ0n) is 15.8. The van der Waals surface area contributed by atoms with Crippen molar-refractivity contribution in [3.63, 3.8) is 0 Å². The van der Waals surface area contributed by atoms with Gasteiger partial charge in [-0.15, -0.1) is 0 Å². The summed E-state index contributed by atoms with van der Waals surface area (Å²) in [4.78, 5) is 17.1. The quantitative estimate of drug-likeness (QED) is 0.406. The van der Waals surface area contributed by atoms with Crippen LogP contribution in [-0.4, -0.2) is 10.9 Å². The Bertz CT molecular complexity index is 1350. The maximum Gasteiger partial charge on any atom is 0.255 e. The van der Waals surface area contributed by atoms with Crippen LogP contribution in [0.2, 0.25) is 0 Å². The van der Waals surface area contributed by atoms with Crippen LogP contribution in [0.3, 0.4) is 0 Å². The van der Waals surface area contributed by atoms with Crippen LogP contribution >= 0.6 is 0 Å². The molecule has 0 unspecified atom stereocenters. The van der Waals surface area contributed by atoms with Gasteiger partial charge in [-0.1, -0.05) is 54.1 Å². The van der Waals surface area contributed by atoms with Gasteiger partial charge in [-0.3, -0.25) is 4.79 Å². The Morgan fingerprint density at radius 2 is 1.69 bits per heavy atom. The minimum absolute atomic E-state index is 0.151. The van der Waals surface area contributed by atoms with Crippen LogP contribution in [0.5, 0.6) is 0 Å². The molecule has 1 amide bonds. The van der Waals surface area contributed by atoms with Gasteiger partial charge in [-0.25, -0.2) is 4.98 Å². The highest BCUT2D eigenvalue weighted by Gasteiger charge is 2.13. The van der Waals surface area contributed by atoms with Crippen molar-refractivity contribution in [1.82, 2.24) is 4.98 Å². The highest BCUT2D eigenvalue weighted by Crippen LogP contribution is 2.31. The van der Waals surface area contributed by atoms with Crippen LogP contribution in [0.4, 0.5) is 5.69 Å². The molecule has 5 aromatic rings. The lowest BCUT2D eigenvalue weighted by atomic mass is 10.0. The number of anilines is 1. The van der Waals surface area contributed by atoms with Crippen LogP contribution in [-0.2, 0) is 0 Å². The highest BCUT2D eigenvalue weighted by atomic mass is 16.3. The maximum absolute atomic E-state index is 12.5. The predicted octanol–water partition coefficient (Wildman–Crippen LogP) is 6.21. The van der Waals surface area contributed by atoms with E-state index in [1.165, 1.54) is 0 Å². The summed E-state index contributed by atoms with van der Waals surface area (Å²) in [6.45, 7) is 1.99. The van der Waals surface area contributed by atoms with E-state index in [0.717, 1.165) is 21.9 Å². The standard InChI is InChI=1S/C25H18N2O2/c1-16-9-11-18(12-10-16)24(28)26-19-13-14-23-22(15-19)27-25(29-23)21-8-4-6-17-5-2-3-7-20(17)21/h2-15H,1H3,(H,26,28). The first-order chi connectivity index (χ1) is 14.2. The lowest BCUT2D eigenvalue weighted by molar-refractivity contribution is 0.102. The monoisotopic (exact) mass is 378 g/mol. The molecular formula is C25H18N2O2. The van der Waals surface area contributed by atoms with E-state index < -0.39 is 0 Å². The first-order valence-electron chi connectivity index (χ1n) is 9.44. The lowest BCUT2D eigenvalue weighted by Crippen LogP contribution is -2.11. The molecule has 0 aliphatic carbocycles. The number of benzene rings is 4. The van der Waals surface area contributed by atoms with Crippen LogP contribution in [0, 0.1) is 6.92 Å². The maximum atomic E-state index is 12.5. The molecule has 0 saturated carbocycles. The van der Waals surface area contributed by atoms with Crippen molar-refractivity contribution in [3.05, 3.63) is 96.1 Å². The summed E-state index contributed by atoms with van der Waals surface area (Å²) in [5.41, 5.74) is 4.75. The van der Waals surface area contributed by atoms with E-state index in [1.807, 2.05) is 73.7 Å². The predicted molar refractivity (Wildman–Crippen MR) is 116 cm³/mol. The van der Waals surface area contributed by atoms with Crippen molar-refractivity contribution < 1.29 is 9.21 Å². The summed E-state index contributed by atoms with van der Waals surface area (Å²) in [5, 5.41) is 5.16. The van der Waals surface area contributed by atoms with E-state index in [2.05, 4.69) is 28.5 Å². The normalized spacial score (nSPS) is 11.1. The zero-order chi connectivity index (χ0) is 19.8. The van der Waals surface area contributed by atoms with E-state index >= 15 is 0 Å². The first kappa shape index (κ1) is 17.2. The van der Waals surface area contributed by atoms with Gasteiger partial charge in [0.05, 0.1) is 0 Å². The number of amides is 1. The molecule has 0 aliphatic heterocycles. The first-order valence-corrected chi connectivity index (χ1v) is 9.44. The largest absolute Gasteiger partial charge is 0.436 e. The van der Waals surface area contributed by atoms with Gasteiger partial charge in [0.2, 0.25) is 5.89 Å². The van der Waals surface area contributed by atoms with Gasteiger partial charge >= 0.3 is 0 Å². The molecule has 140 valence electrons. The molecule has 5 rings (SSSR count). The molecule has 1 heterocycles. The molecule has 0 radical (unpaired) electrons. The third-order valence-electron chi connectivity index (χ3n) is 4.98. The van der Waals surface area contributed by atoms with Gasteiger partial charge in [0.1, 0.15) is 5.52 Å². The molecule has 4 heteroatoms. The summed E-state index contributed by atoms with van der Waals surface area (Å²) < 4.78 is 6.00. The number of nitrogens with zero attached hydrogens (tertiary/aromatic N) is 1. The Balaban J connectivity index is 1.49. The minimum atomic E-state index is -0.151. The summed E-state index contributed by atoms with van der Waals surface area (Å²) >= 11 is 0. The smallest absolute Gasteiger partial charge is 0.255 e. The average Bonchev–Trinajstić information content (AvgIpc) is 3.17. The number of fused-ring (bicyclic) bond motifs is 2. The number of hydrogen-bond donors (Lipinski definition) is 1. The number of oxazole rings is 1. The fourth-order valence-electron chi connectivity index (χ4n) is 3.44. The Morgan fingerprint density at radius 1 is 0.897 bits per heavy atom. The second kappa shape index (κ2) is 6.91. The van der Waals surface area contributed by atoms with E-state index in [0.29, 0.717) is 28.2 Å².